The quantitative estimate of drug-likeness (QED) is 0.630. The number of carboxylic acids is 1. The third-order valence-corrected chi connectivity index (χ3v) is 1.88. The Hall–Kier alpha value is -0.860. The lowest BCUT2D eigenvalue weighted by Crippen LogP contribution is -2.00. The summed E-state index contributed by atoms with van der Waals surface area (Å²) in [6, 6.07) is 0. The highest BCUT2D eigenvalue weighted by atomic mass is 16.4. The van der Waals surface area contributed by atoms with Crippen LogP contribution in [0.2, 0.25) is 0 Å². The first-order chi connectivity index (χ1) is 4.61. The van der Waals surface area contributed by atoms with E-state index in [2.05, 4.69) is 0 Å². The van der Waals surface area contributed by atoms with E-state index in [1.807, 2.05) is 0 Å². The molecule has 0 radical (unpaired) electrons. The van der Waals surface area contributed by atoms with Crippen LogP contribution >= 0.6 is 0 Å². The lowest BCUT2D eigenvalue weighted by atomic mass is 10.2. The van der Waals surface area contributed by atoms with Crippen molar-refractivity contribution in [2.24, 2.45) is 11.8 Å². The van der Waals surface area contributed by atoms with Crippen LogP contribution in [0.1, 0.15) is 19.8 Å². The van der Waals surface area contributed by atoms with Gasteiger partial charge in [0.15, 0.2) is 0 Å². The van der Waals surface area contributed by atoms with E-state index in [-0.39, 0.29) is 24.0 Å². The van der Waals surface area contributed by atoms with E-state index < -0.39 is 5.97 Å². The Morgan fingerprint density at radius 2 is 2.20 bits per heavy atom. The maximum absolute atomic E-state index is 10.6. The predicted molar refractivity (Wildman–Crippen MR) is 34.5 cm³/mol. The van der Waals surface area contributed by atoms with E-state index >= 15 is 0 Å². The zero-order chi connectivity index (χ0) is 7.72. The molecule has 0 bridgehead atoms. The van der Waals surface area contributed by atoms with E-state index in [1.54, 1.807) is 0 Å². The molecule has 10 heavy (non-hydrogen) atoms. The fourth-order valence-corrected chi connectivity index (χ4v) is 1.20. The van der Waals surface area contributed by atoms with Gasteiger partial charge >= 0.3 is 5.97 Å². The normalized spacial score (nSPS) is 29.7. The fraction of sp³-hybridized carbons (Fsp3) is 0.714. The van der Waals surface area contributed by atoms with Crippen molar-refractivity contribution >= 4 is 11.8 Å². The fourth-order valence-electron chi connectivity index (χ4n) is 1.20. The highest BCUT2D eigenvalue weighted by molar-refractivity contribution is 5.82. The molecule has 0 aromatic heterocycles. The van der Waals surface area contributed by atoms with Crippen molar-refractivity contribution in [2.75, 3.05) is 0 Å². The van der Waals surface area contributed by atoms with Crippen molar-refractivity contribution in [3.8, 4) is 0 Å². The standard InChI is InChI=1S/C7H10O3/c1-4(8)6-2-5(6)3-7(9)10/h5-6H,2-3H2,1H3,(H,9,10)/t5-,6+/m1/s1. The average Bonchev–Trinajstić information content (AvgIpc) is 2.43. The lowest BCUT2D eigenvalue weighted by Gasteiger charge is -1.89. The topological polar surface area (TPSA) is 54.4 Å². The van der Waals surface area contributed by atoms with Crippen molar-refractivity contribution in [3.05, 3.63) is 0 Å². The molecule has 3 nitrogen and oxygen atoms in total. The Labute approximate surface area is 59.0 Å². The summed E-state index contributed by atoms with van der Waals surface area (Å²) in [5.74, 6) is -0.480. The molecule has 0 unspecified atom stereocenters. The van der Waals surface area contributed by atoms with Crippen LogP contribution in [-0.4, -0.2) is 16.9 Å². The van der Waals surface area contributed by atoms with Crippen LogP contribution in [0.15, 0.2) is 0 Å². The molecule has 1 saturated carbocycles. The average molecular weight is 142 g/mol. The number of carbonyl (C=O) groups is 2. The molecule has 1 aliphatic carbocycles. The number of carbonyl (C=O) groups excluding carboxylic acids is 1. The predicted octanol–water partition coefficient (Wildman–Crippen LogP) is 0.686. The van der Waals surface area contributed by atoms with Crippen LogP contribution in [0.5, 0.6) is 0 Å². The summed E-state index contributed by atoms with van der Waals surface area (Å²) < 4.78 is 0. The number of aliphatic carboxylic acids is 1. The van der Waals surface area contributed by atoms with Crippen molar-refractivity contribution in [1.82, 2.24) is 0 Å². The summed E-state index contributed by atoms with van der Waals surface area (Å²) in [6.07, 6.45) is 0.936. The van der Waals surface area contributed by atoms with Gasteiger partial charge in [-0.3, -0.25) is 9.59 Å². The number of hydrogen-bond acceptors (Lipinski definition) is 2. The Morgan fingerprint density at radius 1 is 1.60 bits per heavy atom. The Morgan fingerprint density at radius 3 is 2.50 bits per heavy atom. The van der Waals surface area contributed by atoms with Crippen molar-refractivity contribution < 1.29 is 14.7 Å². The van der Waals surface area contributed by atoms with Crippen LogP contribution in [0.25, 0.3) is 0 Å². The second-order valence-electron chi connectivity index (χ2n) is 2.81. The molecule has 1 fully saturated rings. The minimum atomic E-state index is -0.797. The number of hydrogen-bond donors (Lipinski definition) is 1. The van der Waals surface area contributed by atoms with Crippen LogP contribution in [0, 0.1) is 11.8 Å². The molecular formula is C7H10O3. The molecule has 0 aromatic rings. The monoisotopic (exact) mass is 142 g/mol. The summed E-state index contributed by atoms with van der Waals surface area (Å²) in [4.78, 5) is 20.7. The Bertz CT molecular complexity index is 174. The molecule has 0 spiro atoms. The van der Waals surface area contributed by atoms with Gasteiger partial charge < -0.3 is 5.11 Å². The first-order valence-electron chi connectivity index (χ1n) is 3.33. The largest absolute Gasteiger partial charge is 0.481 e. The molecule has 0 amide bonds. The van der Waals surface area contributed by atoms with Gasteiger partial charge in [-0.1, -0.05) is 0 Å². The van der Waals surface area contributed by atoms with Gasteiger partial charge in [0.25, 0.3) is 0 Å². The zero-order valence-electron chi connectivity index (χ0n) is 5.83. The van der Waals surface area contributed by atoms with Crippen LogP contribution in [-0.2, 0) is 9.59 Å². The minimum Gasteiger partial charge on any atom is -0.481 e. The van der Waals surface area contributed by atoms with Gasteiger partial charge in [0, 0.05) is 12.3 Å². The van der Waals surface area contributed by atoms with Crippen LogP contribution in [0.4, 0.5) is 0 Å². The highest BCUT2D eigenvalue weighted by Crippen LogP contribution is 2.41. The van der Waals surface area contributed by atoms with Gasteiger partial charge in [-0.05, 0) is 19.3 Å². The van der Waals surface area contributed by atoms with Crippen LogP contribution in [0.3, 0.4) is 0 Å². The van der Waals surface area contributed by atoms with Gasteiger partial charge in [0.1, 0.15) is 5.78 Å². The van der Waals surface area contributed by atoms with Gasteiger partial charge in [-0.15, -0.1) is 0 Å². The van der Waals surface area contributed by atoms with Gasteiger partial charge in [-0.25, -0.2) is 0 Å². The third kappa shape index (κ3) is 1.56. The second-order valence-corrected chi connectivity index (χ2v) is 2.81. The van der Waals surface area contributed by atoms with E-state index in [9.17, 15) is 9.59 Å². The molecule has 3 heteroatoms. The number of Topliss-reactive ketones (excluding diaryl/α,β-unsaturated/α-hetero) is 1. The second kappa shape index (κ2) is 2.40. The Balaban J connectivity index is 2.26. The molecule has 0 aliphatic heterocycles. The molecule has 0 heterocycles. The molecule has 0 aromatic carbocycles. The maximum Gasteiger partial charge on any atom is 0.303 e. The summed E-state index contributed by atoms with van der Waals surface area (Å²) in [5.41, 5.74) is 0. The summed E-state index contributed by atoms with van der Waals surface area (Å²) in [5, 5.41) is 8.31. The van der Waals surface area contributed by atoms with Crippen molar-refractivity contribution in [3.63, 3.8) is 0 Å². The molecule has 1 N–H and O–H groups in total. The van der Waals surface area contributed by atoms with Crippen molar-refractivity contribution in [1.29, 1.82) is 0 Å². The molecule has 1 rings (SSSR count). The molecule has 1 aliphatic rings. The third-order valence-electron chi connectivity index (χ3n) is 1.88. The van der Waals surface area contributed by atoms with Crippen LogP contribution < -0.4 is 0 Å². The molecular weight excluding hydrogens is 132 g/mol. The number of rotatable bonds is 3. The minimum absolute atomic E-state index is 0.0519. The Kier molecular flexibility index (Phi) is 1.74. The van der Waals surface area contributed by atoms with E-state index in [0.717, 1.165) is 6.42 Å². The van der Waals surface area contributed by atoms with E-state index in [0.29, 0.717) is 0 Å². The molecule has 56 valence electrons. The van der Waals surface area contributed by atoms with Gasteiger partial charge in [0.05, 0.1) is 0 Å². The van der Waals surface area contributed by atoms with E-state index in [1.165, 1.54) is 6.92 Å². The summed E-state index contributed by atoms with van der Waals surface area (Å²) in [7, 11) is 0. The van der Waals surface area contributed by atoms with Gasteiger partial charge in [-0.2, -0.15) is 0 Å². The molecule has 0 saturated heterocycles. The summed E-state index contributed by atoms with van der Waals surface area (Å²) in [6.45, 7) is 1.52. The SMILES string of the molecule is CC(=O)[C@@H]1C[C@@H]1CC(=O)O. The lowest BCUT2D eigenvalue weighted by molar-refractivity contribution is -0.137. The molecule has 2 atom stereocenters. The highest BCUT2D eigenvalue weighted by Gasteiger charge is 2.41. The van der Waals surface area contributed by atoms with E-state index in [4.69, 9.17) is 5.11 Å². The maximum atomic E-state index is 10.6. The zero-order valence-corrected chi connectivity index (χ0v) is 5.83. The number of carboxylic acid groups (broad SMARTS) is 1. The first kappa shape index (κ1) is 7.25. The first-order valence-corrected chi connectivity index (χ1v) is 3.33. The smallest absolute Gasteiger partial charge is 0.303 e. The summed E-state index contributed by atoms with van der Waals surface area (Å²) >= 11 is 0. The number of ketones is 1. The van der Waals surface area contributed by atoms with Gasteiger partial charge in [0.2, 0.25) is 0 Å². The van der Waals surface area contributed by atoms with Crippen molar-refractivity contribution in [2.45, 2.75) is 19.8 Å².